The molecule has 0 unspecified atom stereocenters. The van der Waals surface area contributed by atoms with E-state index in [2.05, 4.69) is 15.8 Å². The van der Waals surface area contributed by atoms with Crippen molar-refractivity contribution in [3.05, 3.63) is 36.4 Å². The molecular weight excluding hydrogens is 254 g/mol. The number of hydrogen-bond acceptors (Lipinski definition) is 3. The van der Waals surface area contributed by atoms with Gasteiger partial charge in [-0.2, -0.15) is 0 Å². The zero-order chi connectivity index (χ0) is 13.8. The molecule has 2 aromatic rings. The number of urea groups is 1. The van der Waals surface area contributed by atoms with Crippen LogP contribution in [0.4, 0.5) is 10.6 Å². The fourth-order valence-electron chi connectivity index (χ4n) is 2.48. The third kappa shape index (κ3) is 2.99. The van der Waals surface area contributed by atoms with Gasteiger partial charge in [0.2, 0.25) is 0 Å². The second-order valence-corrected chi connectivity index (χ2v) is 5.02. The van der Waals surface area contributed by atoms with Crippen LogP contribution in [0, 0.1) is 0 Å². The zero-order valence-corrected chi connectivity index (χ0v) is 11.1. The quantitative estimate of drug-likeness (QED) is 0.899. The monoisotopic (exact) mass is 271 g/mol. The number of amides is 2. The number of nitrogens with zero attached hydrogens (tertiary/aromatic N) is 1. The Balaban J connectivity index is 1.61. The SMILES string of the molecule is O=C(Nc1cc(-c2ccccc2)on1)NC1CCCC1. The summed E-state index contributed by atoms with van der Waals surface area (Å²) in [6.07, 6.45) is 4.49. The van der Waals surface area contributed by atoms with Crippen LogP contribution in [0.15, 0.2) is 40.9 Å². The van der Waals surface area contributed by atoms with Gasteiger partial charge in [0.25, 0.3) is 0 Å². The van der Waals surface area contributed by atoms with Crippen molar-refractivity contribution in [3.63, 3.8) is 0 Å². The van der Waals surface area contributed by atoms with Gasteiger partial charge in [-0.1, -0.05) is 48.3 Å². The van der Waals surface area contributed by atoms with Crippen LogP contribution in [-0.2, 0) is 0 Å². The lowest BCUT2D eigenvalue weighted by Crippen LogP contribution is -2.36. The van der Waals surface area contributed by atoms with E-state index in [4.69, 9.17) is 4.52 Å². The maximum absolute atomic E-state index is 11.8. The second kappa shape index (κ2) is 5.77. The summed E-state index contributed by atoms with van der Waals surface area (Å²) in [6.45, 7) is 0. The molecule has 0 saturated heterocycles. The van der Waals surface area contributed by atoms with Crippen LogP contribution in [0.5, 0.6) is 0 Å². The van der Waals surface area contributed by atoms with E-state index in [9.17, 15) is 4.79 Å². The van der Waals surface area contributed by atoms with E-state index in [-0.39, 0.29) is 12.1 Å². The number of hydrogen-bond donors (Lipinski definition) is 2. The second-order valence-electron chi connectivity index (χ2n) is 5.02. The summed E-state index contributed by atoms with van der Waals surface area (Å²) in [5.74, 6) is 1.07. The van der Waals surface area contributed by atoms with E-state index in [0.717, 1.165) is 18.4 Å². The molecule has 20 heavy (non-hydrogen) atoms. The molecule has 5 heteroatoms. The molecule has 0 radical (unpaired) electrons. The van der Waals surface area contributed by atoms with Crippen molar-refractivity contribution in [3.8, 4) is 11.3 Å². The lowest BCUT2D eigenvalue weighted by atomic mass is 10.2. The fraction of sp³-hybridized carbons (Fsp3) is 0.333. The number of carbonyl (C=O) groups is 1. The largest absolute Gasteiger partial charge is 0.354 e. The molecule has 104 valence electrons. The van der Waals surface area contributed by atoms with Crippen molar-refractivity contribution in [1.29, 1.82) is 0 Å². The van der Waals surface area contributed by atoms with Gasteiger partial charge in [-0.3, -0.25) is 5.32 Å². The summed E-state index contributed by atoms with van der Waals surface area (Å²) in [6, 6.07) is 11.5. The van der Waals surface area contributed by atoms with Gasteiger partial charge >= 0.3 is 6.03 Å². The molecule has 0 aliphatic heterocycles. The van der Waals surface area contributed by atoms with E-state index >= 15 is 0 Å². The molecule has 1 aliphatic carbocycles. The first kappa shape index (κ1) is 12.7. The third-order valence-electron chi connectivity index (χ3n) is 3.50. The van der Waals surface area contributed by atoms with Crippen molar-refractivity contribution in [2.45, 2.75) is 31.7 Å². The number of nitrogens with one attached hydrogen (secondary N) is 2. The highest BCUT2D eigenvalue weighted by atomic mass is 16.5. The van der Waals surface area contributed by atoms with E-state index in [1.165, 1.54) is 12.8 Å². The summed E-state index contributed by atoms with van der Waals surface area (Å²) in [5.41, 5.74) is 0.934. The van der Waals surface area contributed by atoms with Crippen molar-refractivity contribution in [1.82, 2.24) is 10.5 Å². The number of aromatic nitrogens is 1. The van der Waals surface area contributed by atoms with Crippen molar-refractivity contribution >= 4 is 11.8 Å². The van der Waals surface area contributed by atoms with Gasteiger partial charge in [-0.15, -0.1) is 0 Å². The first-order valence-corrected chi connectivity index (χ1v) is 6.91. The van der Waals surface area contributed by atoms with Crippen molar-refractivity contribution in [2.24, 2.45) is 0 Å². The minimum atomic E-state index is -0.218. The number of benzene rings is 1. The standard InChI is InChI=1S/C15H17N3O2/c19-15(16-12-8-4-5-9-12)17-14-10-13(20-18-14)11-6-2-1-3-7-11/h1-3,6-7,10,12H,4-5,8-9H2,(H2,16,17,18,19). The molecule has 2 N–H and O–H groups in total. The molecule has 0 bridgehead atoms. The normalized spacial score (nSPS) is 15.2. The summed E-state index contributed by atoms with van der Waals surface area (Å²) in [7, 11) is 0. The van der Waals surface area contributed by atoms with E-state index in [0.29, 0.717) is 11.6 Å². The molecule has 1 aromatic carbocycles. The van der Waals surface area contributed by atoms with Gasteiger partial charge in [0.15, 0.2) is 11.6 Å². The molecule has 0 atom stereocenters. The highest BCUT2D eigenvalue weighted by Gasteiger charge is 2.17. The molecular formula is C15H17N3O2. The summed E-state index contributed by atoms with van der Waals surface area (Å²) < 4.78 is 5.23. The van der Waals surface area contributed by atoms with Gasteiger partial charge in [-0.05, 0) is 12.8 Å². The van der Waals surface area contributed by atoms with Gasteiger partial charge in [0, 0.05) is 17.7 Å². The minimum Gasteiger partial charge on any atom is -0.354 e. The third-order valence-corrected chi connectivity index (χ3v) is 3.50. The van der Waals surface area contributed by atoms with E-state index < -0.39 is 0 Å². The molecule has 1 saturated carbocycles. The molecule has 3 rings (SSSR count). The number of anilines is 1. The lowest BCUT2D eigenvalue weighted by Gasteiger charge is -2.11. The van der Waals surface area contributed by atoms with Crippen molar-refractivity contribution in [2.75, 3.05) is 5.32 Å². The van der Waals surface area contributed by atoms with Crippen LogP contribution in [0.25, 0.3) is 11.3 Å². The van der Waals surface area contributed by atoms with Crippen LogP contribution in [-0.4, -0.2) is 17.2 Å². The smallest absolute Gasteiger partial charge is 0.320 e. The lowest BCUT2D eigenvalue weighted by molar-refractivity contribution is 0.248. The van der Waals surface area contributed by atoms with Crippen LogP contribution < -0.4 is 10.6 Å². The first-order valence-electron chi connectivity index (χ1n) is 6.91. The van der Waals surface area contributed by atoms with E-state index in [1.54, 1.807) is 6.07 Å². The van der Waals surface area contributed by atoms with Crippen LogP contribution in [0.1, 0.15) is 25.7 Å². The molecule has 0 spiro atoms. The van der Waals surface area contributed by atoms with Gasteiger partial charge in [0.05, 0.1) is 0 Å². The van der Waals surface area contributed by atoms with Gasteiger partial charge in [-0.25, -0.2) is 4.79 Å². The predicted octanol–water partition coefficient (Wildman–Crippen LogP) is 3.41. The Hall–Kier alpha value is -2.30. The molecule has 2 amide bonds. The van der Waals surface area contributed by atoms with Crippen LogP contribution >= 0.6 is 0 Å². The average Bonchev–Trinajstić information content (AvgIpc) is 3.11. The predicted molar refractivity (Wildman–Crippen MR) is 76.3 cm³/mol. The molecule has 1 fully saturated rings. The summed E-state index contributed by atoms with van der Waals surface area (Å²) in [4.78, 5) is 11.8. The molecule has 1 aromatic heterocycles. The Morgan fingerprint density at radius 3 is 2.70 bits per heavy atom. The van der Waals surface area contributed by atoms with Gasteiger partial charge < -0.3 is 9.84 Å². The summed E-state index contributed by atoms with van der Waals surface area (Å²) >= 11 is 0. The Morgan fingerprint density at radius 1 is 1.20 bits per heavy atom. The van der Waals surface area contributed by atoms with Crippen LogP contribution in [0.2, 0.25) is 0 Å². The van der Waals surface area contributed by atoms with Gasteiger partial charge in [0.1, 0.15) is 0 Å². The fourth-order valence-corrected chi connectivity index (χ4v) is 2.48. The topological polar surface area (TPSA) is 67.2 Å². The van der Waals surface area contributed by atoms with Crippen LogP contribution in [0.3, 0.4) is 0 Å². The Labute approximate surface area is 117 Å². The average molecular weight is 271 g/mol. The maximum atomic E-state index is 11.8. The Kier molecular flexibility index (Phi) is 3.67. The maximum Gasteiger partial charge on any atom is 0.320 e. The number of carbonyl (C=O) groups excluding carboxylic acids is 1. The minimum absolute atomic E-state index is 0.218. The number of rotatable bonds is 3. The Bertz CT molecular complexity index is 574. The highest BCUT2D eigenvalue weighted by molar-refractivity contribution is 5.88. The van der Waals surface area contributed by atoms with Crippen molar-refractivity contribution < 1.29 is 9.32 Å². The molecule has 5 nitrogen and oxygen atoms in total. The van der Waals surface area contributed by atoms with E-state index in [1.807, 2.05) is 30.3 Å². The zero-order valence-electron chi connectivity index (χ0n) is 11.1. The molecule has 1 heterocycles. The molecule has 1 aliphatic rings. The highest BCUT2D eigenvalue weighted by Crippen LogP contribution is 2.22. The first-order chi connectivity index (χ1) is 9.81. The Morgan fingerprint density at radius 2 is 1.95 bits per heavy atom. The summed E-state index contributed by atoms with van der Waals surface area (Å²) in [5, 5.41) is 9.51.